The molecule has 0 amide bonds. The first kappa shape index (κ1) is 15.4. The highest BCUT2D eigenvalue weighted by molar-refractivity contribution is 7.74. The van der Waals surface area contributed by atoms with Gasteiger partial charge in [0.2, 0.25) is 0 Å². The highest BCUT2D eigenvalue weighted by Crippen LogP contribution is 2.36. The number of hydrogen-bond donors (Lipinski definition) is 0. The number of nitrogens with zero attached hydrogens (tertiary/aromatic N) is 1. The van der Waals surface area contributed by atoms with Crippen LogP contribution in [0.2, 0.25) is 10.0 Å². The van der Waals surface area contributed by atoms with E-state index in [1.54, 1.807) is 6.92 Å². The number of rotatable bonds is 5. The van der Waals surface area contributed by atoms with Gasteiger partial charge in [0.1, 0.15) is 17.0 Å². The second-order valence-corrected chi connectivity index (χ2v) is 4.65. The van der Waals surface area contributed by atoms with Crippen LogP contribution >= 0.6 is 23.2 Å². The van der Waals surface area contributed by atoms with Crippen LogP contribution in [0.4, 0.5) is 5.69 Å². The summed E-state index contributed by atoms with van der Waals surface area (Å²) in [7, 11) is 1.32. The van der Waals surface area contributed by atoms with Crippen molar-refractivity contribution in [1.82, 2.24) is 0 Å². The number of ketones is 1. The topological polar surface area (TPSA) is 69.7 Å². The lowest BCUT2D eigenvalue weighted by Gasteiger charge is -2.22. The Balaban J connectivity index is 3.25. The van der Waals surface area contributed by atoms with Gasteiger partial charge in [-0.05, 0) is 12.1 Å². The van der Waals surface area contributed by atoms with Crippen molar-refractivity contribution < 1.29 is 17.8 Å². The lowest BCUT2D eigenvalue weighted by atomic mass is 10.1. The van der Waals surface area contributed by atoms with Gasteiger partial charge < -0.3 is 4.55 Å². The fraction of sp³-hybridized carbons (Fsp3) is 0.300. The number of Topliss-reactive ketones (excluding diaryl/α,β-unsaturated/α-hetero) is 1. The molecule has 1 rings (SSSR count). The number of carbonyl (C=O) groups excluding carboxylic acids is 1. The van der Waals surface area contributed by atoms with Crippen LogP contribution in [-0.4, -0.2) is 21.6 Å². The Morgan fingerprint density at radius 2 is 2.11 bits per heavy atom. The van der Waals surface area contributed by atoms with Crippen LogP contribution in [0.5, 0.6) is 0 Å². The quantitative estimate of drug-likeness (QED) is 0.475. The summed E-state index contributed by atoms with van der Waals surface area (Å²) < 4.78 is 25.4. The van der Waals surface area contributed by atoms with E-state index >= 15 is 0 Å². The second-order valence-electron chi connectivity index (χ2n) is 3.31. The summed E-state index contributed by atoms with van der Waals surface area (Å²) in [5, 5.41) is 1.13. The molecular weight excluding hydrogens is 301 g/mol. The minimum Gasteiger partial charge on any atom is -0.748 e. The fourth-order valence-corrected chi connectivity index (χ4v) is 2.34. The van der Waals surface area contributed by atoms with E-state index in [1.807, 2.05) is 0 Å². The maximum atomic E-state index is 11.6. The number of hydroxylamine groups is 1. The fourth-order valence-electron chi connectivity index (χ4n) is 1.36. The summed E-state index contributed by atoms with van der Waals surface area (Å²) in [6.07, 6.45) is 0.277. The summed E-state index contributed by atoms with van der Waals surface area (Å²) in [5.74, 6) is -0.172. The summed E-state index contributed by atoms with van der Waals surface area (Å²) in [6, 6.07) is 2.95. The molecule has 0 spiro atoms. The van der Waals surface area contributed by atoms with Crippen LogP contribution in [0.3, 0.4) is 0 Å². The third-order valence-corrected chi connectivity index (χ3v) is 3.21. The Bertz CT molecular complexity index is 495. The zero-order valence-electron chi connectivity index (χ0n) is 9.61. The summed E-state index contributed by atoms with van der Waals surface area (Å²) in [4.78, 5) is 11.6. The van der Waals surface area contributed by atoms with E-state index in [-0.39, 0.29) is 33.5 Å². The maximum absolute atomic E-state index is 11.6. The predicted octanol–water partition coefficient (Wildman–Crippen LogP) is 2.75. The zero-order chi connectivity index (χ0) is 13.9. The molecule has 0 saturated carbocycles. The van der Waals surface area contributed by atoms with Crippen molar-refractivity contribution in [3.05, 3.63) is 27.7 Å². The maximum Gasteiger partial charge on any atom is 0.164 e. The Morgan fingerprint density at radius 1 is 1.50 bits per heavy atom. The minimum atomic E-state index is -2.76. The Kier molecular flexibility index (Phi) is 5.55. The summed E-state index contributed by atoms with van der Waals surface area (Å²) >= 11 is 9.19. The highest BCUT2D eigenvalue weighted by Gasteiger charge is 2.18. The molecule has 5 nitrogen and oxygen atoms in total. The molecule has 0 aromatic heterocycles. The van der Waals surface area contributed by atoms with Gasteiger partial charge in [-0.25, -0.2) is 9.27 Å². The highest BCUT2D eigenvalue weighted by atomic mass is 35.5. The van der Waals surface area contributed by atoms with Crippen molar-refractivity contribution in [2.24, 2.45) is 0 Å². The molecule has 0 saturated heterocycles. The van der Waals surface area contributed by atoms with Crippen LogP contribution in [0.25, 0.3) is 0 Å². The molecule has 0 radical (unpaired) electrons. The van der Waals surface area contributed by atoms with Gasteiger partial charge in [-0.2, -0.15) is 4.28 Å². The molecule has 0 aliphatic carbocycles. The third kappa shape index (κ3) is 3.43. The molecule has 0 aliphatic rings. The molecule has 1 atom stereocenters. The average molecular weight is 311 g/mol. The SMILES string of the molecule is CCC(=O)c1ccc(Cl)c(N(C)OS(=O)[O-])c1Cl. The molecule has 0 aliphatic heterocycles. The van der Waals surface area contributed by atoms with Gasteiger partial charge in [0.15, 0.2) is 5.78 Å². The van der Waals surface area contributed by atoms with Gasteiger partial charge in [-0.3, -0.25) is 4.79 Å². The monoisotopic (exact) mass is 310 g/mol. The van der Waals surface area contributed by atoms with E-state index in [4.69, 9.17) is 23.2 Å². The third-order valence-electron chi connectivity index (χ3n) is 2.18. The molecule has 0 fully saturated rings. The second kappa shape index (κ2) is 6.49. The normalized spacial score (nSPS) is 12.3. The van der Waals surface area contributed by atoms with E-state index in [2.05, 4.69) is 4.28 Å². The van der Waals surface area contributed by atoms with Crippen LogP contribution < -0.4 is 5.06 Å². The van der Waals surface area contributed by atoms with Crippen molar-refractivity contribution in [3.63, 3.8) is 0 Å². The van der Waals surface area contributed by atoms with Crippen LogP contribution in [-0.2, 0) is 15.6 Å². The first-order chi connectivity index (χ1) is 8.38. The predicted molar refractivity (Wildman–Crippen MR) is 69.5 cm³/mol. The molecular formula is C10H10Cl2NO4S-. The van der Waals surface area contributed by atoms with Gasteiger partial charge in [0, 0.05) is 19.0 Å². The number of carbonyl (C=O) groups is 1. The van der Waals surface area contributed by atoms with E-state index in [0.717, 1.165) is 5.06 Å². The molecule has 1 unspecified atom stereocenters. The van der Waals surface area contributed by atoms with E-state index in [9.17, 15) is 13.6 Å². The van der Waals surface area contributed by atoms with Crippen molar-refractivity contribution in [2.75, 3.05) is 12.1 Å². The lowest BCUT2D eigenvalue weighted by Crippen LogP contribution is -2.20. The molecule has 0 N–H and O–H groups in total. The van der Waals surface area contributed by atoms with Gasteiger partial charge in [-0.15, -0.1) is 0 Å². The number of hydrogen-bond acceptors (Lipinski definition) is 5. The van der Waals surface area contributed by atoms with Crippen LogP contribution in [0, 0.1) is 0 Å². The molecule has 100 valence electrons. The van der Waals surface area contributed by atoms with Gasteiger partial charge in [0.25, 0.3) is 0 Å². The van der Waals surface area contributed by atoms with E-state index in [1.165, 1.54) is 19.2 Å². The molecule has 0 heterocycles. The molecule has 1 aromatic rings. The number of benzene rings is 1. The average Bonchev–Trinajstić information content (AvgIpc) is 2.27. The molecule has 0 bridgehead atoms. The van der Waals surface area contributed by atoms with E-state index < -0.39 is 11.4 Å². The largest absolute Gasteiger partial charge is 0.748 e. The standard InChI is InChI=1S/C10H11Cl2NO4S/c1-3-8(14)6-4-5-7(11)10(9(6)12)13(2)17-18(15)16/h4-5H,3H2,1-2H3,(H,15,16)/p-1. The first-order valence-corrected chi connectivity index (χ1v) is 6.66. The Morgan fingerprint density at radius 3 is 2.61 bits per heavy atom. The Hall–Kier alpha value is -0.660. The van der Waals surface area contributed by atoms with Crippen LogP contribution in [0.1, 0.15) is 23.7 Å². The van der Waals surface area contributed by atoms with E-state index in [0.29, 0.717) is 0 Å². The number of anilines is 1. The van der Waals surface area contributed by atoms with Crippen molar-refractivity contribution in [1.29, 1.82) is 0 Å². The van der Waals surface area contributed by atoms with Crippen molar-refractivity contribution >= 4 is 46.0 Å². The van der Waals surface area contributed by atoms with Gasteiger partial charge in [0.05, 0.1) is 10.0 Å². The summed E-state index contributed by atoms with van der Waals surface area (Å²) in [6.45, 7) is 1.69. The molecule has 8 heteroatoms. The van der Waals surface area contributed by atoms with Crippen molar-refractivity contribution in [3.8, 4) is 0 Å². The van der Waals surface area contributed by atoms with Gasteiger partial charge in [-0.1, -0.05) is 30.1 Å². The smallest absolute Gasteiger partial charge is 0.164 e. The number of halogens is 2. The first-order valence-electron chi connectivity index (χ1n) is 4.91. The zero-order valence-corrected chi connectivity index (χ0v) is 11.9. The minimum absolute atomic E-state index is 0.0577. The van der Waals surface area contributed by atoms with Crippen LogP contribution in [0.15, 0.2) is 12.1 Å². The van der Waals surface area contributed by atoms with Gasteiger partial charge >= 0.3 is 0 Å². The molecule has 18 heavy (non-hydrogen) atoms. The summed E-state index contributed by atoms with van der Waals surface area (Å²) in [5.41, 5.74) is 0.396. The van der Waals surface area contributed by atoms with Crippen molar-refractivity contribution in [2.45, 2.75) is 13.3 Å². The Labute approximate surface area is 117 Å². The lowest BCUT2D eigenvalue weighted by molar-refractivity contribution is 0.0988. The molecule has 1 aromatic carbocycles.